The van der Waals surface area contributed by atoms with E-state index in [1.165, 1.54) is 12.8 Å². The van der Waals surface area contributed by atoms with Crippen molar-refractivity contribution in [3.05, 3.63) is 23.8 Å². The summed E-state index contributed by atoms with van der Waals surface area (Å²) >= 11 is 1.75. The van der Waals surface area contributed by atoms with Crippen LogP contribution in [0.3, 0.4) is 0 Å². The van der Waals surface area contributed by atoms with Crippen LogP contribution < -0.4 is 10.2 Å². The Balaban J connectivity index is 2.26. The first kappa shape index (κ1) is 15.2. The summed E-state index contributed by atoms with van der Waals surface area (Å²) in [5.74, 6) is 0.995. The third-order valence-corrected chi connectivity index (χ3v) is 4.83. The lowest BCUT2D eigenvalue weighted by atomic mass is 10.1. The number of anilines is 1. The van der Waals surface area contributed by atoms with Gasteiger partial charge in [-0.25, -0.2) is 0 Å². The molecule has 0 saturated carbocycles. The molecular formula is C16H23N3S. The van der Waals surface area contributed by atoms with Crippen molar-refractivity contribution in [2.75, 3.05) is 30.8 Å². The first-order valence-electron chi connectivity index (χ1n) is 7.37. The summed E-state index contributed by atoms with van der Waals surface area (Å²) < 4.78 is 0. The van der Waals surface area contributed by atoms with Gasteiger partial charge in [0, 0.05) is 18.0 Å². The topological polar surface area (TPSA) is 39.1 Å². The summed E-state index contributed by atoms with van der Waals surface area (Å²) in [4.78, 5) is 3.41. The highest BCUT2D eigenvalue weighted by Crippen LogP contribution is 2.31. The van der Waals surface area contributed by atoms with E-state index in [4.69, 9.17) is 0 Å². The average Bonchev–Trinajstić information content (AvgIpc) is 2.75. The molecule has 0 spiro atoms. The summed E-state index contributed by atoms with van der Waals surface area (Å²) in [6.45, 7) is 4.31. The second kappa shape index (κ2) is 7.56. The number of nitrogens with one attached hydrogen (secondary N) is 1. The van der Waals surface area contributed by atoms with Crippen LogP contribution >= 0.6 is 11.8 Å². The van der Waals surface area contributed by atoms with E-state index in [1.54, 1.807) is 11.8 Å². The highest BCUT2D eigenvalue weighted by atomic mass is 32.2. The molecule has 1 aliphatic heterocycles. The van der Waals surface area contributed by atoms with Crippen LogP contribution in [0.5, 0.6) is 0 Å². The Morgan fingerprint density at radius 1 is 1.40 bits per heavy atom. The summed E-state index contributed by atoms with van der Waals surface area (Å²) in [6, 6.07) is 9.14. The molecule has 0 radical (unpaired) electrons. The molecule has 1 saturated heterocycles. The van der Waals surface area contributed by atoms with Crippen LogP contribution in [0.15, 0.2) is 23.1 Å². The molecule has 1 atom stereocenters. The van der Waals surface area contributed by atoms with Gasteiger partial charge in [-0.3, -0.25) is 0 Å². The minimum Gasteiger partial charge on any atom is -0.370 e. The van der Waals surface area contributed by atoms with Crippen molar-refractivity contribution in [1.82, 2.24) is 5.32 Å². The molecule has 20 heavy (non-hydrogen) atoms. The van der Waals surface area contributed by atoms with Gasteiger partial charge in [-0.1, -0.05) is 13.0 Å². The Morgan fingerprint density at radius 3 is 3.00 bits per heavy atom. The predicted molar refractivity (Wildman–Crippen MR) is 86.5 cm³/mol. The summed E-state index contributed by atoms with van der Waals surface area (Å²) in [7, 11) is 2.13. The van der Waals surface area contributed by atoms with Crippen LogP contribution in [-0.4, -0.2) is 31.9 Å². The fraction of sp³-hybridized carbons (Fsp3) is 0.562. The van der Waals surface area contributed by atoms with Crippen LogP contribution in [0.25, 0.3) is 0 Å². The van der Waals surface area contributed by atoms with Crippen LogP contribution in [0.4, 0.5) is 5.69 Å². The third-order valence-electron chi connectivity index (χ3n) is 3.89. The number of nitrogens with zero attached hydrogens (tertiary/aromatic N) is 2. The quantitative estimate of drug-likeness (QED) is 0.864. The number of nitriles is 1. The largest absolute Gasteiger partial charge is 0.370 e. The highest BCUT2D eigenvalue weighted by Gasteiger charge is 2.20. The van der Waals surface area contributed by atoms with E-state index in [0.29, 0.717) is 6.04 Å². The van der Waals surface area contributed by atoms with Crippen LogP contribution in [-0.2, 0) is 0 Å². The molecule has 1 N–H and O–H groups in total. The van der Waals surface area contributed by atoms with Crippen molar-refractivity contribution in [1.29, 1.82) is 5.26 Å². The summed E-state index contributed by atoms with van der Waals surface area (Å²) in [5, 5.41) is 13.0. The van der Waals surface area contributed by atoms with Gasteiger partial charge in [0.1, 0.15) is 6.07 Å². The van der Waals surface area contributed by atoms with Gasteiger partial charge in [0.2, 0.25) is 0 Å². The van der Waals surface area contributed by atoms with Gasteiger partial charge in [0.05, 0.1) is 11.3 Å². The molecule has 0 aliphatic carbocycles. The second-order valence-electron chi connectivity index (χ2n) is 5.14. The van der Waals surface area contributed by atoms with Gasteiger partial charge < -0.3 is 10.2 Å². The standard InChI is InChI=1S/C16H23N3S/c1-3-20-16-8-4-7-15(14(16)12-17)19(2)13-6-5-10-18-11-9-13/h4,7-8,13,18H,3,5-6,9-11H2,1-2H3. The molecule has 0 amide bonds. The molecule has 1 aromatic rings. The zero-order valence-corrected chi connectivity index (χ0v) is 13.2. The van der Waals surface area contributed by atoms with E-state index in [1.807, 2.05) is 0 Å². The first-order valence-corrected chi connectivity index (χ1v) is 8.36. The lowest BCUT2D eigenvalue weighted by Crippen LogP contribution is -2.33. The molecule has 3 nitrogen and oxygen atoms in total. The number of thioether (sulfide) groups is 1. The molecule has 1 aliphatic rings. The molecule has 4 heteroatoms. The Hall–Kier alpha value is -1.18. The number of rotatable bonds is 4. The van der Waals surface area contributed by atoms with Gasteiger partial charge in [0.25, 0.3) is 0 Å². The second-order valence-corrected chi connectivity index (χ2v) is 6.45. The van der Waals surface area contributed by atoms with Crippen LogP contribution in [0.2, 0.25) is 0 Å². The van der Waals surface area contributed by atoms with Crippen molar-refractivity contribution >= 4 is 17.4 Å². The smallest absolute Gasteiger partial charge is 0.103 e. The Kier molecular flexibility index (Phi) is 5.75. The van der Waals surface area contributed by atoms with Gasteiger partial charge in [-0.2, -0.15) is 5.26 Å². The van der Waals surface area contributed by atoms with Crippen molar-refractivity contribution in [3.63, 3.8) is 0 Å². The molecule has 1 fully saturated rings. The molecule has 1 unspecified atom stereocenters. The van der Waals surface area contributed by atoms with Gasteiger partial charge in [-0.05, 0) is 50.2 Å². The minimum atomic E-state index is 0.527. The molecule has 108 valence electrons. The molecule has 1 heterocycles. The fourth-order valence-corrected chi connectivity index (χ4v) is 3.57. The van der Waals surface area contributed by atoms with E-state index >= 15 is 0 Å². The molecule has 0 bridgehead atoms. The lowest BCUT2D eigenvalue weighted by Gasteiger charge is -2.30. The minimum absolute atomic E-state index is 0.527. The zero-order chi connectivity index (χ0) is 14.4. The predicted octanol–water partition coefficient (Wildman–Crippen LogP) is 3.25. The van der Waals surface area contributed by atoms with Gasteiger partial charge in [-0.15, -0.1) is 11.8 Å². The van der Waals surface area contributed by atoms with E-state index in [0.717, 1.165) is 41.4 Å². The van der Waals surface area contributed by atoms with Gasteiger partial charge >= 0.3 is 0 Å². The molecule has 1 aromatic carbocycles. The van der Waals surface area contributed by atoms with Crippen molar-refractivity contribution in [2.45, 2.75) is 37.1 Å². The maximum absolute atomic E-state index is 9.53. The first-order chi connectivity index (χ1) is 9.77. The number of hydrogen-bond donors (Lipinski definition) is 1. The highest BCUT2D eigenvalue weighted by molar-refractivity contribution is 7.99. The number of benzene rings is 1. The van der Waals surface area contributed by atoms with Crippen molar-refractivity contribution < 1.29 is 0 Å². The van der Waals surface area contributed by atoms with E-state index in [2.05, 4.69) is 48.5 Å². The van der Waals surface area contributed by atoms with E-state index < -0.39 is 0 Å². The van der Waals surface area contributed by atoms with Crippen LogP contribution in [0.1, 0.15) is 31.7 Å². The normalized spacial score (nSPS) is 19.1. The van der Waals surface area contributed by atoms with Crippen LogP contribution in [0, 0.1) is 11.3 Å². The maximum atomic E-state index is 9.53. The Labute approximate surface area is 126 Å². The molecule has 0 aromatic heterocycles. The van der Waals surface area contributed by atoms with Gasteiger partial charge in [0.15, 0.2) is 0 Å². The third kappa shape index (κ3) is 3.47. The zero-order valence-electron chi connectivity index (χ0n) is 12.4. The summed E-state index contributed by atoms with van der Waals surface area (Å²) in [5.41, 5.74) is 1.91. The van der Waals surface area contributed by atoms with Crippen molar-refractivity contribution in [2.24, 2.45) is 0 Å². The maximum Gasteiger partial charge on any atom is 0.103 e. The fourth-order valence-electron chi connectivity index (χ4n) is 2.79. The van der Waals surface area contributed by atoms with E-state index in [-0.39, 0.29) is 0 Å². The van der Waals surface area contributed by atoms with E-state index in [9.17, 15) is 5.26 Å². The molecular weight excluding hydrogens is 266 g/mol. The summed E-state index contributed by atoms with van der Waals surface area (Å²) in [6.07, 6.45) is 3.55. The average molecular weight is 289 g/mol. The lowest BCUT2D eigenvalue weighted by molar-refractivity contribution is 0.566. The van der Waals surface area contributed by atoms with Crippen molar-refractivity contribution in [3.8, 4) is 6.07 Å². The Morgan fingerprint density at radius 2 is 2.25 bits per heavy atom. The molecule has 2 rings (SSSR count). The number of hydrogen-bond acceptors (Lipinski definition) is 4. The SMILES string of the molecule is CCSc1cccc(N(C)C2CCCNCC2)c1C#N. The Bertz CT molecular complexity index is 473. The monoisotopic (exact) mass is 289 g/mol.